The fourth-order valence-electron chi connectivity index (χ4n) is 2.44. The molecule has 0 saturated heterocycles. The highest BCUT2D eigenvalue weighted by molar-refractivity contribution is 5.96. The smallest absolute Gasteiger partial charge is 0.374 e. The number of nitrogens with zero attached hydrogens (tertiary/aromatic N) is 1. The van der Waals surface area contributed by atoms with Crippen LogP contribution in [0.3, 0.4) is 0 Å². The number of amides is 1. The summed E-state index contributed by atoms with van der Waals surface area (Å²) in [6, 6.07) is 7.50. The molecule has 0 unspecified atom stereocenters. The van der Waals surface area contributed by atoms with E-state index in [-0.39, 0.29) is 25.0 Å². The molecule has 1 aromatic heterocycles. The van der Waals surface area contributed by atoms with Crippen molar-refractivity contribution < 1.29 is 18.7 Å². The van der Waals surface area contributed by atoms with E-state index in [1.54, 1.807) is 13.0 Å². The van der Waals surface area contributed by atoms with Crippen LogP contribution in [0.5, 0.6) is 0 Å². The summed E-state index contributed by atoms with van der Waals surface area (Å²) < 4.78 is 10.8. The first-order valence-corrected chi connectivity index (χ1v) is 7.63. The number of fused-ring (bicyclic) bond motifs is 1. The van der Waals surface area contributed by atoms with E-state index in [2.05, 4.69) is 0 Å². The van der Waals surface area contributed by atoms with E-state index >= 15 is 0 Å². The molecule has 0 spiro atoms. The zero-order chi connectivity index (χ0) is 17.0. The van der Waals surface area contributed by atoms with Gasteiger partial charge in [0.15, 0.2) is 0 Å². The van der Waals surface area contributed by atoms with Gasteiger partial charge in [-0.1, -0.05) is 18.2 Å². The third-order valence-corrected chi connectivity index (χ3v) is 3.61. The number of para-hydroxylation sites is 1. The second-order valence-electron chi connectivity index (χ2n) is 5.59. The standard InChI is InChI=1S/C17H22N2O4/c1-4-22-17(21)16-13(9-19(11(2)3)10-15(18)20)12-7-5-6-8-14(12)23-16/h5-8,11H,4,9-10H2,1-3H3,(H2,18,20). The van der Waals surface area contributed by atoms with Crippen LogP contribution in [0.2, 0.25) is 0 Å². The van der Waals surface area contributed by atoms with Gasteiger partial charge >= 0.3 is 5.97 Å². The van der Waals surface area contributed by atoms with Gasteiger partial charge in [-0.15, -0.1) is 0 Å². The lowest BCUT2D eigenvalue weighted by atomic mass is 10.1. The van der Waals surface area contributed by atoms with Gasteiger partial charge in [0, 0.05) is 23.5 Å². The zero-order valence-corrected chi connectivity index (χ0v) is 13.7. The Morgan fingerprint density at radius 2 is 2.00 bits per heavy atom. The maximum atomic E-state index is 12.2. The number of hydrogen-bond donors (Lipinski definition) is 1. The molecule has 0 aliphatic heterocycles. The van der Waals surface area contributed by atoms with Crippen LogP contribution in [0.15, 0.2) is 28.7 Å². The molecule has 0 aliphatic carbocycles. The van der Waals surface area contributed by atoms with Crippen LogP contribution in [0, 0.1) is 0 Å². The second-order valence-corrected chi connectivity index (χ2v) is 5.59. The number of nitrogens with two attached hydrogens (primary N) is 1. The highest BCUT2D eigenvalue weighted by atomic mass is 16.5. The minimum Gasteiger partial charge on any atom is -0.460 e. The molecule has 2 N–H and O–H groups in total. The number of primary amides is 1. The molecule has 0 fully saturated rings. The van der Waals surface area contributed by atoms with Gasteiger partial charge in [0.1, 0.15) is 5.58 Å². The molecule has 0 atom stereocenters. The molecule has 1 amide bonds. The normalized spacial score (nSPS) is 11.3. The summed E-state index contributed by atoms with van der Waals surface area (Å²) in [5.41, 5.74) is 6.66. The Morgan fingerprint density at radius 1 is 1.30 bits per heavy atom. The van der Waals surface area contributed by atoms with E-state index in [1.165, 1.54) is 0 Å². The molecule has 1 heterocycles. The first-order valence-electron chi connectivity index (χ1n) is 7.63. The number of carbonyl (C=O) groups is 2. The summed E-state index contributed by atoms with van der Waals surface area (Å²) in [5, 5.41) is 0.839. The third kappa shape index (κ3) is 3.90. The van der Waals surface area contributed by atoms with Gasteiger partial charge in [-0.2, -0.15) is 0 Å². The molecule has 23 heavy (non-hydrogen) atoms. The zero-order valence-electron chi connectivity index (χ0n) is 13.7. The number of esters is 1. The van der Waals surface area contributed by atoms with Crippen molar-refractivity contribution in [2.45, 2.75) is 33.4 Å². The van der Waals surface area contributed by atoms with E-state index in [0.29, 0.717) is 17.7 Å². The fourth-order valence-corrected chi connectivity index (χ4v) is 2.44. The lowest BCUT2D eigenvalue weighted by Gasteiger charge is -2.24. The number of rotatable bonds is 7. The van der Waals surface area contributed by atoms with Crippen molar-refractivity contribution in [3.63, 3.8) is 0 Å². The van der Waals surface area contributed by atoms with Crippen molar-refractivity contribution in [3.8, 4) is 0 Å². The van der Waals surface area contributed by atoms with Gasteiger partial charge in [-0.3, -0.25) is 9.69 Å². The molecule has 1 aromatic carbocycles. The molecule has 6 heteroatoms. The van der Waals surface area contributed by atoms with Crippen LogP contribution in [-0.4, -0.2) is 36.0 Å². The topological polar surface area (TPSA) is 85.8 Å². The van der Waals surface area contributed by atoms with Crippen LogP contribution in [0.1, 0.15) is 36.9 Å². The van der Waals surface area contributed by atoms with Gasteiger partial charge in [0.05, 0.1) is 13.2 Å². The van der Waals surface area contributed by atoms with Gasteiger partial charge in [0.2, 0.25) is 11.7 Å². The number of furan rings is 1. The Labute approximate surface area is 135 Å². The third-order valence-electron chi connectivity index (χ3n) is 3.61. The molecule has 2 aromatic rings. The van der Waals surface area contributed by atoms with Crippen LogP contribution in [0.25, 0.3) is 11.0 Å². The van der Waals surface area contributed by atoms with Gasteiger partial charge in [-0.25, -0.2) is 4.79 Å². The molecular formula is C17H22N2O4. The SMILES string of the molecule is CCOC(=O)c1oc2ccccc2c1CN(CC(N)=O)C(C)C. The number of benzene rings is 1. The second kappa shape index (κ2) is 7.28. The Bertz CT molecular complexity index is 706. The highest BCUT2D eigenvalue weighted by Gasteiger charge is 2.24. The Morgan fingerprint density at radius 3 is 2.61 bits per heavy atom. The van der Waals surface area contributed by atoms with Crippen LogP contribution in [-0.2, 0) is 16.1 Å². The molecular weight excluding hydrogens is 296 g/mol. The first-order chi connectivity index (χ1) is 10.9. The van der Waals surface area contributed by atoms with Crippen molar-refractivity contribution in [1.82, 2.24) is 4.90 Å². The average Bonchev–Trinajstić information content (AvgIpc) is 2.85. The van der Waals surface area contributed by atoms with Crippen molar-refractivity contribution in [2.75, 3.05) is 13.2 Å². The minimum absolute atomic E-state index is 0.0891. The minimum atomic E-state index is -0.499. The molecule has 124 valence electrons. The summed E-state index contributed by atoms with van der Waals surface area (Å²) in [6.07, 6.45) is 0. The predicted octanol–water partition coefficient (Wildman–Crippen LogP) is 2.31. The van der Waals surface area contributed by atoms with Gasteiger partial charge in [0.25, 0.3) is 0 Å². The fraction of sp³-hybridized carbons (Fsp3) is 0.412. The van der Waals surface area contributed by atoms with E-state index in [4.69, 9.17) is 14.9 Å². The van der Waals surface area contributed by atoms with Crippen molar-refractivity contribution in [3.05, 3.63) is 35.6 Å². The Hall–Kier alpha value is -2.34. The maximum absolute atomic E-state index is 12.2. The molecule has 0 bridgehead atoms. The summed E-state index contributed by atoms with van der Waals surface area (Å²) >= 11 is 0. The predicted molar refractivity (Wildman–Crippen MR) is 86.9 cm³/mol. The quantitative estimate of drug-likeness (QED) is 0.792. The largest absolute Gasteiger partial charge is 0.460 e. The molecule has 2 rings (SSSR count). The summed E-state index contributed by atoms with van der Waals surface area (Å²) in [4.78, 5) is 25.4. The highest BCUT2D eigenvalue weighted by Crippen LogP contribution is 2.28. The first kappa shape index (κ1) is 17.0. The molecule has 0 radical (unpaired) electrons. The average molecular weight is 318 g/mol. The van der Waals surface area contributed by atoms with Crippen LogP contribution in [0.4, 0.5) is 0 Å². The molecule has 0 aliphatic rings. The summed E-state index contributed by atoms with van der Waals surface area (Å²) in [7, 11) is 0. The Balaban J connectivity index is 2.45. The van der Waals surface area contributed by atoms with Crippen molar-refractivity contribution >= 4 is 22.8 Å². The van der Waals surface area contributed by atoms with E-state index in [1.807, 2.05) is 36.9 Å². The van der Waals surface area contributed by atoms with Crippen molar-refractivity contribution in [1.29, 1.82) is 0 Å². The van der Waals surface area contributed by atoms with Crippen molar-refractivity contribution in [2.24, 2.45) is 5.73 Å². The lowest BCUT2D eigenvalue weighted by molar-refractivity contribution is -0.119. The number of hydrogen-bond acceptors (Lipinski definition) is 5. The van der Waals surface area contributed by atoms with Crippen LogP contribution < -0.4 is 5.73 Å². The monoisotopic (exact) mass is 318 g/mol. The summed E-state index contributed by atoms with van der Waals surface area (Å²) in [5.74, 6) is -0.728. The van der Waals surface area contributed by atoms with E-state index in [0.717, 1.165) is 5.39 Å². The van der Waals surface area contributed by atoms with Gasteiger partial charge in [-0.05, 0) is 26.8 Å². The maximum Gasteiger partial charge on any atom is 0.374 e. The van der Waals surface area contributed by atoms with Gasteiger partial charge < -0.3 is 14.9 Å². The summed E-state index contributed by atoms with van der Waals surface area (Å²) in [6.45, 7) is 6.44. The lowest BCUT2D eigenvalue weighted by Crippen LogP contribution is -2.38. The van der Waals surface area contributed by atoms with E-state index in [9.17, 15) is 9.59 Å². The van der Waals surface area contributed by atoms with E-state index < -0.39 is 11.9 Å². The number of ether oxygens (including phenoxy) is 1. The number of carbonyl (C=O) groups excluding carboxylic acids is 2. The molecule has 6 nitrogen and oxygen atoms in total. The molecule has 0 saturated carbocycles. The Kier molecular flexibility index (Phi) is 5.39. The van der Waals surface area contributed by atoms with Crippen LogP contribution >= 0.6 is 0 Å².